The van der Waals surface area contributed by atoms with Crippen LogP contribution in [0.25, 0.3) is 11.4 Å². The zero-order valence-corrected chi connectivity index (χ0v) is 9.83. The molecule has 0 spiro atoms. The number of ether oxygens (including phenoxy) is 1. The first kappa shape index (κ1) is 10.9. The van der Waals surface area contributed by atoms with E-state index in [1.165, 1.54) is 11.5 Å². The van der Waals surface area contributed by atoms with Gasteiger partial charge in [0.1, 0.15) is 5.75 Å². The Morgan fingerprint density at radius 1 is 1.44 bits per heavy atom. The lowest BCUT2D eigenvalue weighted by Gasteiger charge is -2.04. The normalized spacial score (nSPS) is 10.3. The van der Waals surface area contributed by atoms with Crippen molar-refractivity contribution in [1.29, 1.82) is 0 Å². The van der Waals surface area contributed by atoms with Gasteiger partial charge in [0.15, 0.2) is 11.0 Å². The molecule has 0 unspecified atom stereocenters. The summed E-state index contributed by atoms with van der Waals surface area (Å²) in [4.78, 5) is 4.13. The summed E-state index contributed by atoms with van der Waals surface area (Å²) in [6.07, 6.45) is 0.992. The number of rotatable bonds is 4. The molecule has 0 saturated carbocycles. The van der Waals surface area contributed by atoms with E-state index in [9.17, 15) is 0 Å². The molecule has 0 amide bonds. The van der Waals surface area contributed by atoms with Crippen LogP contribution in [0.3, 0.4) is 0 Å². The maximum Gasteiger partial charge on any atom is 0.200 e. The highest BCUT2D eigenvalue weighted by Crippen LogP contribution is 2.23. The molecule has 4 nitrogen and oxygen atoms in total. The SMILES string of the molecule is CCCOc1cccc(-c2nsc(N)n2)c1. The lowest BCUT2D eigenvalue weighted by atomic mass is 10.2. The fourth-order valence-corrected chi connectivity index (χ4v) is 1.75. The van der Waals surface area contributed by atoms with Gasteiger partial charge in [-0.1, -0.05) is 19.1 Å². The van der Waals surface area contributed by atoms with E-state index in [0.717, 1.165) is 24.3 Å². The maximum atomic E-state index is 5.55. The number of anilines is 1. The van der Waals surface area contributed by atoms with E-state index in [-0.39, 0.29) is 0 Å². The largest absolute Gasteiger partial charge is 0.494 e. The Morgan fingerprint density at radius 3 is 3.00 bits per heavy atom. The van der Waals surface area contributed by atoms with Crippen LogP contribution in [-0.2, 0) is 0 Å². The summed E-state index contributed by atoms with van der Waals surface area (Å²) in [6.45, 7) is 2.79. The van der Waals surface area contributed by atoms with E-state index in [1.54, 1.807) is 0 Å². The minimum absolute atomic E-state index is 0.481. The lowest BCUT2D eigenvalue weighted by molar-refractivity contribution is 0.317. The number of benzene rings is 1. The minimum atomic E-state index is 0.481. The number of hydrogen-bond donors (Lipinski definition) is 1. The average Bonchev–Trinajstić information content (AvgIpc) is 2.74. The van der Waals surface area contributed by atoms with E-state index < -0.39 is 0 Å². The summed E-state index contributed by atoms with van der Waals surface area (Å²) in [6, 6.07) is 7.73. The summed E-state index contributed by atoms with van der Waals surface area (Å²) in [7, 11) is 0. The quantitative estimate of drug-likeness (QED) is 0.884. The smallest absolute Gasteiger partial charge is 0.200 e. The van der Waals surface area contributed by atoms with Gasteiger partial charge in [0, 0.05) is 17.1 Å². The van der Waals surface area contributed by atoms with Gasteiger partial charge < -0.3 is 10.5 Å². The van der Waals surface area contributed by atoms with Gasteiger partial charge >= 0.3 is 0 Å². The first-order valence-electron chi connectivity index (χ1n) is 5.12. The molecule has 1 aromatic carbocycles. The molecule has 2 aromatic rings. The van der Waals surface area contributed by atoms with Crippen molar-refractivity contribution in [2.75, 3.05) is 12.3 Å². The van der Waals surface area contributed by atoms with Crippen LogP contribution >= 0.6 is 11.5 Å². The van der Waals surface area contributed by atoms with E-state index in [4.69, 9.17) is 10.5 Å². The van der Waals surface area contributed by atoms with Gasteiger partial charge in [-0.15, -0.1) is 0 Å². The summed E-state index contributed by atoms with van der Waals surface area (Å²) >= 11 is 1.20. The second kappa shape index (κ2) is 4.94. The third kappa shape index (κ3) is 2.49. The molecule has 2 rings (SSSR count). The van der Waals surface area contributed by atoms with Crippen LogP contribution in [0, 0.1) is 0 Å². The monoisotopic (exact) mass is 235 g/mol. The summed E-state index contributed by atoms with van der Waals surface area (Å²) in [5.74, 6) is 1.50. The molecule has 0 aliphatic heterocycles. The second-order valence-corrected chi connectivity index (χ2v) is 4.12. The van der Waals surface area contributed by atoms with Crippen molar-refractivity contribution in [2.45, 2.75) is 13.3 Å². The fraction of sp³-hybridized carbons (Fsp3) is 0.273. The number of nitrogens with zero attached hydrogens (tertiary/aromatic N) is 2. The Labute approximate surface area is 98.3 Å². The van der Waals surface area contributed by atoms with Crippen molar-refractivity contribution in [2.24, 2.45) is 0 Å². The molecular formula is C11H13N3OS. The summed E-state index contributed by atoms with van der Waals surface area (Å²) in [5, 5.41) is 0.481. The Kier molecular flexibility index (Phi) is 3.36. The van der Waals surface area contributed by atoms with Gasteiger partial charge in [0.25, 0.3) is 0 Å². The highest BCUT2D eigenvalue weighted by atomic mass is 32.1. The zero-order chi connectivity index (χ0) is 11.4. The molecule has 0 fully saturated rings. The molecule has 5 heteroatoms. The van der Waals surface area contributed by atoms with Crippen molar-refractivity contribution in [3.8, 4) is 17.1 Å². The molecule has 0 atom stereocenters. The van der Waals surface area contributed by atoms with Crippen LogP contribution in [0.2, 0.25) is 0 Å². The standard InChI is InChI=1S/C11H13N3OS/c1-2-6-15-9-5-3-4-8(7-9)10-13-11(12)16-14-10/h3-5,7H,2,6H2,1H3,(H2,12,13,14). The van der Waals surface area contributed by atoms with Crippen LogP contribution in [0.15, 0.2) is 24.3 Å². The predicted octanol–water partition coefficient (Wildman–Crippen LogP) is 2.58. The third-order valence-corrected chi connectivity index (χ3v) is 2.55. The van der Waals surface area contributed by atoms with Gasteiger partial charge in [-0.3, -0.25) is 0 Å². The van der Waals surface area contributed by atoms with Gasteiger partial charge in [-0.2, -0.15) is 9.36 Å². The highest BCUT2D eigenvalue weighted by molar-refractivity contribution is 7.09. The number of nitrogen functional groups attached to an aromatic ring is 1. The Balaban J connectivity index is 2.22. The lowest BCUT2D eigenvalue weighted by Crippen LogP contribution is -1.95. The fourth-order valence-electron chi connectivity index (χ4n) is 1.30. The molecule has 1 heterocycles. The molecular weight excluding hydrogens is 222 g/mol. The van der Waals surface area contributed by atoms with E-state index in [1.807, 2.05) is 24.3 Å². The van der Waals surface area contributed by atoms with Gasteiger partial charge in [0.2, 0.25) is 0 Å². The average molecular weight is 235 g/mol. The Morgan fingerprint density at radius 2 is 2.31 bits per heavy atom. The van der Waals surface area contributed by atoms with Crippen LogP contribution < -0.4 is 10.5 Å². The first-order chi connectivity index (χ1) is 7.79. The van der Waals surface area contributed by atoms with Gasteiger partial charge in [-0.05, 0) is 18.6 Å². The summed E-state index contributed by atoms with van der Waals surface area (Å²) < 4.78 is 9.70. The van der Waals surface area contributed by atoms with Gasteiger partial charge in [-0.25, -0.2) is 0 Å². The van der Waals surface area contributed by atoms with Crippen molar-refractivity contribution in [3.63, 3.8) is 0 Å². The molecule has 0 bridgehead atoms. The maximum absolute atomic E-state index is 5.55. The zero-order valence-electron chi connectivity index (χ0n) is 9.01. The molecule has 0 aliphatic carbocycles. The van der Waals surface area contributed by atoms with E-state index in [2.05, 4.69) is 16.3 Å². The topological polar surface area (TPSA) is 61.0 Å². The van der Waals surface area contributed by atoms with Crippen LogP contribution in [0.5, 0.6) is 5.75 Å². The van der Waals surface area contributed by atoms with Crippen LogP contribution in [0.1, 0.15) is 13.3 Å². The molecule has 0 saturated heterocycles. The third-order valence-electron chi connectivity index (χ3n) is 2.01. The van der Waals surface area contributed by atoms with Crippen LogP contribution in [-0.4, -0.2) is 16.0 Å². The van der Waals surface area contributed by atoms with Crippen LogP contribution in [0.4, 0.5) is 5.13 Å². The summed E-state index contributed by atoms with van der Waals surface area (Å²) in [5.41, 5.74) is 6.48. The van der Waals surface area contributed by atoms with E-state index >= 15 is 0 Å². The van der Waals surface area contributed by atoms with E-state index in [0.29, 0.717) is 11.0 Å². The molecule has 84 valence electrons. The second-order valence-electron chi connectivity index (χ2n) is 3.33. The molecule has 0 aliphatic rings. The van der Waals surface area contributed by atoms with Crippen molar-refractivity contribution < 1.29 is 4.74 Å². The first-order valence-corrected chi connectivity index (χ1v) is 5.89. The van der Waals surface area contributed by atoms with Crippen molar-refractivity contribution in [3.05, 3.63) is 24.3 Å². The Bertz CT molecular complexity index is 470. The molecule has 2 N–H and O–H groups in total. The molecule has 16 heavy (non-hydrogen) atoms. The molecule has 1 aromatic heterocycles. The highest BCUT2D eigenvalue weighted by Gasteiger charge is 2.05. The van der Waals surface area contributed by atoms with Crippen molar-refractivity contribution >= 4 is 16.7 Å². The predicted molar refractivity (Wildman–Crippen MR) is 65.5 cm³/mol. The van der Waals surface area contributed by atoms with Gasteiger partial charge in [0.05, 0.1) is 6.61 Å². The van der Waals surface area contributed by atoms with Crippen molar-refractivity contribution in [1.82, 2.24) is 9.36 Å². The molecule has 0 radical (unpaired) electrons. The number of hydrogen-bond acceptors (Lipinski definition) is 5. The minimum Gasteiger partial charge on any atom is -0.494 e. The number of aromatic nitrogens is 2. The number of nitrogens with two attached hydrogens (primary N) is 1. The Hall–Kier alpha value is -1.62.